The van der Waals surface area contributed by atoms with Gasteiger partial charge in [0.2, 0.25) is 0 Å². The molecule has 1 fully saturated rings. The van der Waals surface area contributed by atoms with Gasteiger partial charge < -0.3 is 10.5 Å². The summed E-state index contributed by atoms with van der Waals surface area (Å²) in [6, 6.07) is 0. The van der Waals surface area contributed by atoms with Gasteiger partial charge in [0.1, 0.15) is 5.60 Å². The number of hydrogen-bond acceptors (Lipinski definition) is 5. The fourth-order valence-corrected chi connectivity index (χ4v) is 2.78. The molecule has 0 aliphatic heterocycles. The lowest BCUT2D eigenvalue weighted by molar-refractivity contribution is -0.0720. The third kappa shape index (κ3) is 2.06. The molecule has 0 unspecified atom stereocenters. The summed E-state index contributed by atoms with van der Waals surface area (Å²) < 4.78 is 10.0. The molecule has 1 aromatic heterocycles. The third-order valence-corrected chi connectivity index (χ3v) is 4.19. The summed E-state index contributed by atoms with van der Waals surface area (Å²) in [7, 11) is 1.75. The van der Waals surface area contributed by atoms with Crippen LogP contribution in [-0.4, -0.2) is 16.5 Å². The molecule has 2 N–H and O–H groups in total. The second kappa shape index (κ2) is 3.96. The lowest BCUT2D eigenvalue weighted by Crippen LogP contribution is -2.37. The van der Waals surface area contributed by atoms with Crippen molar-refractivity contribution in [2.24, 2.45) is 5.41 Å². The van der Waals surface area contributed by atoms with Crippen molar-refractivity contribution in [1.82, 2.24) is 9.36 Å². The Balaban J connectivity index is 2.22. The largest absolute Gasteiger partial charge is 0.374 e. The molecule has 0 amide bonds. The van der Waals surface area contributed by atoms with Gasteiger partial charge in [0.15, 0.2) is 11.0 Å². The van der Waals surface area contributed by atoms with E-state index in [9.17, 15) is 0 Å². The van der Waals surface area contributed by atoms with Gasteiger partial charge >= 0.3 is 0 Å². The second-order valence-electron chi connectivity index (χ2n) is 5.32. The maximum Gasteiger partial charge on any atom is 0.200 e. The van der Waals surface area contributed by atoms with Crippen LogP contribution in [0.4, 0.5) is 5.13 Å². The van der Waals surface area contributed by atoms with Crippen LogP contribution < -0.4 is 5.73 Å². The minimum absolute atomic E-state index is 0.302. The van der Waals surface area contributed by atoms with E-state index in [1.54, 1.807) is 7.11 Å². The highest BCUT2D eigenvalue weighted by atomic mass is 32.1. The molecule has 0 atom stereocenters. The molecule has 90 valence electrons. The number of methoxy groups -OCH3 is 1. The molecule has 0 spiro atoms. The van der Waals surface area contributed by atoms with E-state index in [2.05, 4.69) is 23.2 Å². The minimum atomic E-state index is -0.302. The number of nitrogens with two attached hydrogens (primary N) is 1. The van der Waals surface area contributed by atoms with Crippen molar-refractivity contribution in [1.29, 1.82) is 0 Å². The van der Waals surface area contributed by atoms with Crippen molar-refractivity contribution < 1.29 is 4.74 Å². The second-order valence-corrected chi connectivity index (χ2v) is 6.10. The first-order valence-corrected chi connectivity index (χ1v) is 6.40. The third-order valence-electron chi connectivity index (χ3n) is 3.65. The Labute approximate surface area is 100 Å². The predicted octanol–water partition coefficient (Wildman–Crippen LogP) is 2.56. The first-order valence-electron chi connectivity index (χ1n) is 5.62. The van der Waals surface area contributed by atoms with E-state index in [1.165, 1.54) is 11.5 Å². The van der Waals surface area contributed by atoms with Gasteiger partial charge in [0.25, 0.3) is 0 Å². The first kappa shape index (κ1) is 11.8. The van der Waals surface area contributed by atoms with E-state index in [1.807, 2.05) is 0 Å². The molecule has 1 saturated carbocycles. The first-order chi connectivity index (χ1) is 7.47. The topological polar surface area (TPSA) is 61.0 Å². The fraction of sp³-hybridized carbons (Fsp3) is 0.818. The van der Waals surface area contributed by atoms with Crippen molar-refractivity contribution in [2.75, 3.05) is 12.8 Å². The monoisotopic (exact) mass is 241 g/mol. The highest BCUT2D eigenvalue weighted by Gasteiger charge is 2.42. The highest BCUT2D eigenvalue weighted by Crippen LogP contribution is 2.46. The predicted molar refractivity (Wildman–Crippen MR) is 65.3 cm³/mol. The molecule has 1 aliphatic rings. The van der Waals surface area contributed by atoms with E-state index in [-0.39, 0.29) is 5.60 Å². The molecule has 0 radical (unpaired) electrons. The number of hydrogen-bond donors (Lipinski definition) is 1. The van der Waals surface area contributed by atoms with Gasteiger partial charge in [-0.25, -0.2) is 4.98 Å². The molecule has 0 saturated heterocycles. The van der Waals surface area contributed by atoms with Crippen LogP contribution in [0.3, 0.4) is 0 Å². The summed E-state index contributed by atoms with van der Waals surface area (Å²) in [5.41, 5.74) is 5.75. The van der Waals surface area contributed by atoms with Crippen LogP contribution in [0.2, 0.25) is 0 Å². The maximum atomic E-state index is 5.70. The molecule has 5 heteroatoms. The van der Waals surface area contributed by atoms with Gasteiger partial charge in [-0.2, -0.15) is 4.37 Å². The van der Waals surface area contributed by atoms with Gasteiger partial charge in [-0.15, -0.1) is 0 Å². The van der Waals surface area contributed by atoms with Crippen LogP contribution in [0.15, 0.2) is 0 Å². The van der Waals surface area contributed by atoms with Crippen LogP contribution in [0.1, 0.15) is 45.4 Å². The molecule has 1 aliphatic carbocycles. The number of aromatic nitrogens is 2. The number of nitrogens with zero attached hydrogens (tertiary/aromatic N) is 2. The van der Waals surface area contributed by atoms with E-state index in [0.717, 1.165) is 31.5 Å². The van der Waals surface area contributed by atoms with Crippen molar-refractivity contribution in [2.45, 2.75) is 45.1 Å². The molecule has 16 heavy (non-hydrogen) atoms. The molecular formula is C11H19N3OS. The van der Waals surface area contributed by atoms with Crippen molar-refractivity contribution >= 4 is 16.7 Å². The summed E-state index contributed by atoms with van der Waals surface area (Å²) in [5.74, 6) is 0.771. The van der Waals surface area contributed by atoms with Gasteiger partial charge in [0.05, 0.1) is 0 Å². The van der Waals surface area contributed by atoms with E-state index < -0.39 is 0 Å². The van der Waals surface area contributed by atoms with Crippen molar-refractivity contribution in [3.63, 3.8) is 0 Å². The Kier molecular flexibility index (Phi) is 2.92. The number of ether oxygens (including phenoxy) is 1. The molecule has 0 bridgehead atoms. The average molecular weight is 241 g/mol. The smallest absolute Gasteiger partial charge is 0.200 e. The van der Waals surface area contributed by atoms with Crippen LogP contribution in [0.25, 0.3) is 0 Å². The lowest BCUT2D eigenvalue weighted by atomic mass is 9.70. The van der Waals surface area contributed by atoms with Crippen LogP contribution in [0, 0.1) is 5.41 Å². The SMILES string of the molecule is COC1(c2nsc(N)n2)CCC(C)(C)CC1. The lowest BCUT2D eigenvalue weighted by Gasteiger charge is -2.40. The molecule has 2 rings (SSSR count). The Morgan fingerprint density at radius 2 is 1.88 bits per heavy atom. The zero-order valence-corrected chi connectivity index (χ0v) is 10.9. The quantitative estimate of drug-likeness (QED) is 0.864. The van der Waals surface area contributed by atoms with Crippen molar-refractivity contribution in [3.05, 3.63) is 5.82 Å². The van der Waals surface area contributed by atoms with Crippen molar-refractivity contribution in [3.8, 4) is 0 Å². The normalized spacial score (nSPS) is 23.2. The Morgan fingerprint density at radius 1 is 1.25 bits per heavy atom. The van der Waals surface area contributed by atoms with E-state index in [4.69, 9.17) is 10.5 Å². The van der Waals surface area contributed by atoms with Gasteiger partial charge in [0, 0.05) is 18.6 Å². The number of rotatable bonds is 2. The summed E-state index contributed by atoms with van der Waals surface area (Å²) >= 11 is 1.25. The molecule has 4 nitrogen and oxygen atoms in total. The highest BCUT2D eigenvalue weighted by molar-refractivity contribution is 7.09. The number of anilines is 1. The van der Waals surface area contributed by atoms with Gasteiger partial charge in [-0.1, -0.05) is 13.8 Å². The van der Waals surface area contributed by atoms with Crippen LogP contribution in [0.5, 0.6) is 0 Å². The van der Waals surface area contributed by atoms with Gasteiger partial charge in [-0.05, 0) is 31.1 Å². The van der Waals surface area contributed by atoms with Gasteiger partial charge in [-0.3, -0.25) is 0 Å². The average Bonchev–Trinajstić information content (AvgIpc) is 2.66. The minimum Gasteiger partial charge on any atom is -0.374 e. The fourth-order valence-electron chi connectivity index (χ4n) is 2.27. The summed E-state index contributed by atoms with van der Waals surface area (Å²) in [6.07, 6.45) is 4.24. The Hall–Kier alpha value is -0.680. The van der Waals surface area contributed by atoms with E-state index in [0.29, 0.717) is 10.5 Å². The summed E-state index contributed by atoms with van der Waals surface area (Å²) in [5, 5.41) is 0.524. The summed E-state index contributed by atoms with van der Waals surface area (Å²) in [4.78, 5) is 4.29. The number of nitrogen functional groups attached to an aromatic ring is 1. The van der Waals surface area contributed by atoms with E-state index >= 15 is 0 Å². The molecular weight excluding hydrogens is 222 g/mol. The zero-order chi connectivity index (χ0) is 11.8. The Bertz CT molecular complexity index is 365. The molecule has 0 aromatic carbocycles. The summed E-state index contributed by atoms with van der Waals surface area (Å²) in [6.45, 7) is 4.60. The Morgan fingerprint density at radius 3 is 2.31 bits per heavy atom. The van der Waals surface area contributed by atoms with Crippen LogP contribution >= 0.6 is 11.5 Å². The molecule has 1 aromatic rings. The standard InChI is InChI=1S/C11H19N3OS/c1-10(2)4-6-11(15-3,7-5-10)8-13-9(12)16-14-8/h4-7H2,1-3H3,(H2,12,13,14). The maximum absolute atomic E-state index is 5.70. The van der Waals surface area contributed by atoms with Crippen LogP contribution in [-0.2, 0) is 10.3 Å². The zero-order valence-electron chi connectivity index (χ0n) is 10.1. The molecule has 1 heterocycles.